The van der Waals surface area contributed by atoms with Crippen LogP contribution in [0.5, 0.6) is 0 Å². The number of nitrogens with one attached hydrogen (secondary N) is 1. The summed E-state index contributed by atoms with van der Waals surface area (Å²) in [6, 6.07) is 8.38. The maximum atomic E-state index is 4.16. The van der Waals surface area contributed by atoms with Crippen molar-refractivity contribution >= 4 is 11.9 Å². The van der Waals surface area contributed by atoms with Crippen LogP contribution in [0.4, 0.5) is 5.69 Å². The van der Waals surface area contributed by atoms with Gasteiger partial charge in [-0.1, -0.05) is 18.7 Å². The summed E-state index contributed by atoms with van der Waals surface area (Å²) in [5.41, 5.74) is 3.45. The molecule has 0 saturated heterocycles. The third-order valence-electron chi connectivity index (χ3n) is 3.19. The molecule has 0 aliphatic heterocycles. The van der Waals surface area contributed by atoms with Crippen LogP contribution in [0.25, 0.3) is 6.20 Å². The fourth-order valence-electron chi connectivity index (χ4n) is 2.14. The molecule has 0 saturated carbocycles. The van der Waals surface area contributed by atoms with Gasteiger partial charge in [0, 0.05) is 49.1 Å². The summed E-state index contributed by atoms with van der Waals surface area (Å²) in [6.45, 7) is 5.24. The van der Waals surface area contributed by atoms with Crippen LogP contribution in [-0.2, 0) is 13.1 Å². The molecule has 0 bridgehead atoms. The van der Waals surface area contributed by atoms with E-state index in [2.05, 4.69) is 46.2 Å². The first kappa shape index (κ1) is 13.2. The van der Waals surface area contributed by atoms with Crippen LogP contribution in [0.1, 0.15) is 11.1 Å². The molecule has 0 fully saturated rings. The van der Waals surface area contributed by atoms with E-state index in [9.17, 15) is 0 Å². The summed E-state index contributed by atoms with van der Waals surface area (Å²) in [5.74, 6) is 0. The van der Waals surface area contributed by atoms with Gasteiger partial charge in [-0.3, -0.25) is 0 Å². The van der Waals surface area contributed by atoms with Crippen molar-refractivity contribution in [1.82, 2.24) is 19.3 Å². The van der Waals surface area contributed by atoms with Gasteiger partial charge in [0.1, 0.15) is 0 Å². The minimum Gasteiger partial charge on any atom is -0.381 e. The number of rotatable bonds is 6. The Morgan fingerprint density at radius 1 is 1.29 bits per heavy atom. The van der Waals surface area contributed by atoms with Crippen LogP contribution < -0.4 is 5.32 Å². The summed E-state index contributed by atoms with van der Waals surface area (Å²) in [4.78, 5) is 4.06. The highest BCUT2D eigenvalue weighted by Gasteiger charge is 1.99. The predicted octanol–water partition coefficient (Wildman–Crippen LogP) is 2.84. The van der Waals surface area contributed by atoms with Crippen molar-refractivity contribution < 1.29 is 0 Å². The molecule has 21 heavy (non-hydrogen) atoms. The van der Waals surface area contributed by atoms with E-state index in [1.54, 1.807) is 17.1 Å². The van der Waals surface area contributed by atoms with E-state index in [4.69, 9.17) is 0 Å². The second-order valence-corrected chi connectivity index (χ2v) is 4.80. The molecule has 0 spiro atoms. The lowest BCUT2D eigenvalue weighted by atomic mass is 10.2. The van der Waals surface area contributed by atoms with Crippen LogP contribution >= 0.6 is 0 Å². The summed E-state index contributed by atoms with van der Waals surface area (Å²) in [5, 5.41) is 7.57. The first-order valence-electron chi connectivity index (χ1n) is 6.77. The van der Waals surface area contributed by atoms with Crippen LogP contribution in [0.15, 0.2) is 62.0 Å². The fraction of sp³-hybridized carbons (Fsp3) is 0.125. The van der Waals surface area contributed by atoms with Crippen LogP contribution in [0, 0.1) is 0 Å². The highest BCUT2D eigenvalue weighted by atomic mass is 15.2. The summed E-state index contributed by atoms with van der Waals surface area (Å²) in [7, 11) is 0. The van der Waals surface area contributed by atoms with E-state index in [1.807, 2.05) is 29.5 Å². The van der Waals surface area contributed by atoms with Crippen LogP contribution in [-0.4, -0.2) is 19.3 Å². The molecule has 1 aromatic carbocycles. The van der Waals surface area contributed by atoms with E-state index >= 15 is 0 Å². The first-order valence-corrected chi connectivity index (χ1v) is 6.77. The normalized spacial score (nSPS) is 10.5. The molecule has 0 unspecified atom stereocenters. The molecule has 0 radical (unpaired) electrons. The van der Waals surface area contributed by atoms with Crippen molar-refractivity contribution in [2.45, 2.75) is 13.1 Å². The maximum absolute atomic E-state index is 4.16. The van der Waals surface area contributed by atoms with Gasteiger partial charge in [0.25, 0.3) is 0 Å². The minimum absolute atomic E-state index is 0.738. The lowest BCUT2D eigenvalue weighted by Crippen LogP contribution is -2.01. The molecule has 1 N–H and O–H groups in total. The van der Waals surface area contributed by atoms with Gasteiger partial charge in [0.15, 0.2) is 0 Å². The van der Waals surface area contributed by atoms with Gasteiger partial charge in [0.2, 0.25) is 0 Å². The zero-order chi connectivity index (χ0) is 14.5. The molecule has 5 heteroatoms. The quantitative estimate of drug-likeness (QED) is 0.754. The Hall–Kier alpha value is -2.82. The number of hydrogen-bond acceptors (Lipinski definition) is 3. The van der Waals surface area contributed by atoms with E-state index in [1.165, 1.54) is 5.56 Å². The van der Waals surface area contributed by atoms with Gasteiger partial charge in [-0.15, -0.1) is 0 Å². The summed E-state index contributed by atoms with van der Waals surface area (Å²) >= 11 is 0. The van der Waals surface area contributed by atoms with Gasteiger partial charge in [-0.05, 0) is 17.7 Å². The lowest BCUT2D eigenvalue weighted by molar-refractivity contribution is 0.797. The van der Waals surface area contributed by atoms with Crippen LogP contribution in [0.3, 0.4) is 0 Å². The maximum Gasteiger partial charge on any atom is 0.0949 e. The molecule has 0 atom stereocenters. The topological polar surface area (TPSA) is 47.7 Å². The zero-order valence-electron chi connectivity index (χ0n) is 11.7. The second kappa shape index (κ2) is 6.09. The molecule has 2 aromatic heterocycles. The first-order chi connectivity index (χ1) is 10.3. The Morgan fingerprint density at radius 2 is 2.24 bits per heavy atom. The Balaban J connectivity index is 1.64. The van der Waals surface area contributed by atoms with E-state index in [0.717, 1.165) is 24.3 Å². The number of benzene rings is 1. The SMILES string of the molecule is C=Cn1cc(CNc2cccc(Cn3ccnc3)c2)cn1. The Morgan fingerprint density at radius 3 is 3.00 bits per heavy atom. The van der Waals surface area contributed by atoms with Crippen molar-refractivity contribution in [1.29, 1.82) is 0 Å². The molecule has 0 amide bonds. The van der Waals surface area contributed by atoms with Crippen LogP contribution in [0.2, 0.25) is 0 Å². The summed E-state index contributed by atoms with van der Waals surface area (Å²) in [6.07, 6.45) is 11.0. The molecule has 106 valence electrons. The third kappa shape index (κ3) is 3.39. The largest absolute Gasteiger partial charge is 0.381 e. The monoisotopic (exact) mass is 279 g/mol. The number of anilines is 1. The summed E-state index contributed by atoms with van der Waals surface area (Å²) < 4.78 is 3.75. The molecule has 5 nitrogen and oxygen atoms in total. The van der Waals surface area contributed by atoms with Gasteiger partial charge in [-0.25, -0.2) is 9.67 Å². The lowest BCUT2D eigenvalue weighted by Gasteiger charge is -2.08. The van der Waals surface area contributed by atoms with Crippen molar-refractivity contribution in [2.24, 2.45) is 0 Å². The molecule has 3 rings (SSSR count). The van der Waals surface area contributed by atoms with Crippen molar-refractivity contribution in [3.63, 3.8) is 0 Å². The molecular weight excluding hydrogens is 262 g/mol. The molecule has 0 aliphatic rings. The highest BCUT2D eigenvalue weighted by Crippen LogP contribution is 2.13. The fourth-order valence-corrected chi connectivity index (χ4v) is 2.14. The average molecular weight is 279 g/mol. The number of aromatic nitrogens is 4. The van der Waals surface area contributed by atoms with E-state index in [-0.39, 0.29) is 0 Å². The van der Waals surface area contributed by atoms with Gasteiger partial charge < -0.3 is 9.88 Å². The second-order valence-electron chi connectivity index (χ2n) is 4.80. The highest BCUT2D eigenvalue weighted by molar-refractivity contribution is 5.46. The Bertz CT molecular complexity index is 712. The van der Waals surface area contributed by atoms with Crippen molar-refractivity contribution in [2.75, 3.05) is 5.32 Å². The number of imidazole rings is 1. The van der Waals surface area contributed by atoms with E-state index in [0.29, 0.717) is 0 Å². The Kier molecular flexibility index (Phi) is 3.82. The number of nitrogens with zero attached hydrogens (tertiary/aromatic N) is 4. The van der Waals surface area contributed by atoms with E-state index < -0.39 is 0 Å². The molecule has 3 aromatic rings. The molecule has 0 aliphatic carbocycles. The van der Waals surface area contributed by atoms with Crippen molar-refractivity contribution in [3.8, 4) is 0 Å². The van der Waals surface area contributed by atoms with Gasteiger partial charge in [0.05, 0.1) is 12.5 Å². The van der Waals surface area contributed by atoms with Gasteiger partial charge >= 0.3 is 0 Å². The number of hydrogen-bond donors (Lipinski definition) is 1. The van der Waals surface area contributed by atoms with Crippen molar-refractivity contribution in [3.05, 3.63) is 73.1 Å². The standard InChI is InChI=1S/C16H17N5/c1-2-21-12-15(10-19-21)9-18-16-5-3-4-14(8-16)11-20-7-6-17-13-20/h2-8,10,12-13,18H,1,9,11H2. The minimum atomic E-state index is 0.738. The molecular formula is C16H17N5. The van der Waals surface area contributed by atoms with Gasteiger partial charge in [-0.2, -0.15) is 5.10 Å². The predicted molar refractivity (Wildman–Crippen MR) is 83.7 cm³/mol. The average Bonchev–Trinajstić information content (AvgIpc) is 3.17. The molecule has 2 heterocycles. The zero-order valence-corrected chi connectivity index (χ0v) is 11.7. The third-order valence-corrected chi connectivity index (χ3v) is 3.19. The smallest absolute Gasteiger partial charge is 0.0949 e. The Labute approximate surface area is 123 Å².